The third-order valence-corrected chi connectivity index (χ3v) is 8.43. The monoisotopic (exact) mass is 423 g/mol. The van der Waals surface area contributed by atoms with Crippen molar-refractivity contribution in [2.45, 2.75) is 63.6 Å². The van der Waals surface area contributed by atoms with Crippen LogP contribution in [0.5, 0.6) is 0 Å². The molecule has 2 bridgehead atoms. The van der Waals surface area contributed by atoms with Gasteiger partial charge in [0.15, 0.2) is 0 Å². The zero-order valence-electron chi connectivity index (χ0n) is 18.2. The SMILES string of the molecule is O=C1CC(C(=O)N2CCCC3=C[C@H]4CC(CN5CCCCC45)C32)CN1Cc1ccco1. The van der Waals surface area contributed by atoms with Gasteiger partial charge in [-0.05, 0) is 62.6 Å². The number of fused-ring (bicyclic) bond motifs is 6. The number of amides is 2. The lowest BCUT2D eigenvalue weighted by molar-refractivity contribution is -0.140. The summed E-state index contributed by atoms with van der Waals surface area (Å²) in [5, 5.41) is 0. The van der Waals surface area contributed by atoms with E-state index < -0.39 is 0 Å². The topological polar surface area (TPSA) is 57.0 Å². The fourth-order valence-electron chi connectivity index (χ4n) is 7.14. The third-order valence-electron chi connectivity index (χ3n) is 8.43. The van der Waals surface area contributed by atoms with Gasteiger partial charge in [0.25, 0.3) is 0 Å². The predicted octanol–water partition coefficient (Wildman–Crippen LogP) is 3.05. The van der Waals surface area contributed by atoms with Crippen LogP contribution in [-0.4, -0.2) is 64.8 Å². The van der Waals surface area contributed by atoms with Crippen molar-refractivity contribution < 1.29 is 14.0 Å². The van der Waals surface area contributed by atoms with Crippen molar-refractivity contribution in [2.24, 2.45) is 17.8 Å². The van der Waals surface area contributed by atoms with Crippen molar-refractivity contribution in [3.63, 3.8) is 0 Å². The number of nitrogens with zero attached hydrogens (tertiary/aromatic N) is 3. The van der Waals surface area contributed by atoms with Crippen LogP contribution < -0.4 is 0 Å². The summed E-state index contributed by atoms with van der Waals surface area (Å²) in [6, 6.07) is 4.72. The minimum atomic E-state index is -0.217. The molecule has 1 aromatic heterocycles. The van der Waals surface area contributed by atoms with E-state index in [0.29, 0.717) is 31.3 Å². The Hall–Kier alpha value is -2.08. The minimum Gasteiger partial charge on any atom is -0.467 e. The average molecular weight is 424 g/mol. The standard InChI is InChI=1S/C25H33N3O3/c29-23-13-20(15-27(23)16-21-6-4-10-31-21)25(30)28-9-3-5-17-11-18-12-19(24(17)28)14-26-8-2-1-7-22(18)26/h4,6,10-11,18-20,22,24H,1-3,5,7-9,12-16H2/t18-,19?,20?,22?,24?/m0/s1. The summed E-state index contributed by atoms with van der Waals surface area (Å²) >= 11 is 0. The van der Waals surface area contributed by atoms with E-state index in [1.54, 1.807) is 11.2 Å². The summed E-state index contributed by atoms with van der Waals surface area (Å²) in [4.78, 5) is 33.0. The second kappa shape index (κ2) is 7.80. The highest BCUT2D eigenvalue weighted by Crippen LogP contribution is 2.45. The Morgan fingerprint density at radius 2 is 2.10 bits per heavy atom. The number of hydrogen-bond acceptors (Lipinski definition) is 4. The number of carbonyl (C=O) groups excluding carboxylic acids is 2. The number of piperidine rings is 3. The summed E-state index contributed by atoms with van der Waals surface area (Å²) in [6.45, 7) is 4.18. The first-order valence-electron chi connectivity index (χ1n) is 12.2. The normalized spacial score (nSPS) is 35.5. The van der Waals surface area contributed by atoms with Gasteiger partial charge in [0.2, 0.25) is 11.8 Å². The maximum Gasteiger partial charge on any atom is 0.228 e. The second-order valence-electron chi connectivity index (χ2n) is 10.3. The molecule has 0 saturated carbocycles. The molecule has 4 aliphatic heterocycles. The van der Waals surface area contributed by atoms with Crippen LogP contribution in [0, 0.1) is 17.8 Å². The van der Waals surface area contributed by atoms with Gasteiger partial charge < -0.3 is 14.2 Å². The Morgan fingerprint density at radius 3 is 2.97 bits per heavy atom. The molecule has 6 nitrogen and oxygen atoms in total. The maximum atomic E-state index is 13.7. The fourth-order valence-corrected chi connectivity index (χ4v) is 7.14. The molecule has 2 amide bonds. The third kappa shape index (κ3) is 3.43. The van der Waals surface area contributed by atoms with Gasteiger partial charge in [-0.2, -0.15) is 0 Å². The van der Waals surface area contributed by atoms with Crippen LogP contribution >= 0.6 is 0 Å². The molecule has 166 valence electrons. The van der Waals surface area contributed by atoms with Crippen molar-refractivity contribution in [1.29, 1.82) is 0 Å². The number of furan rings is 1. The van der Waals surface area contributed by atoms with Gasteiger partial charge in [-0.1, -0.05) is 18.1 Å². The highest BCUT2D eigenvalue weighted by Gasteiger charge is 2.48. The van der Waals surface area contributed by atoms with Crippen LogP contribution in [0.25, 0.3) is 0 Å². The predicted molar refractivity (Wildman–Crippen MR) is 116 cm³/mol. The van der Waals surface area contributed by atoms with Gasteiger partial charge in [0.1, 0.15) is 5.76 Å². The molecule has 0 radical (unpaired) electrons. The maximum absolute atomic E-state index is 13.7. The highest BCUT2D eigenvalue weighted by molar-refractivity contribution is 5.89. The lowest BCUT2D eigenvalue weighted by Crippen LogP contribution is -2.60. The largest absolute Gasteiger partial charge is 0.467 e. The number of rotatable bonds is 3. The molecule has 1 aromatic rings. The quantitative estimate of drug-likeness (QED) is 0.702. The summed E-state index contributed by atoms with van der Waals surface area (Å²) in [5.74, 6) is 2.06. The fraction of sp³-hybridized carbons (Fsp3) is 0.680. The molecule has 0 spiro atoms. The number of carbonyl (C=O) groups is 2. The van der Waals surface area contributed by atoms with Gasteiger partial charge in [0.05, 0.1) is 24.8 Å². The van der Waals surface area contributed by atoms with Gasteiger partial charge in [0, 0.05) is 32.1 Å². The summed E-state index contributed by atoms with van der Waals surface area (Å²) in [7, 11) is 0. The first-order valence-corrected chi connectivity index (χ1v) is 12.2. The van der Waals surface area contributed by atoms with Crippen LogP contribution in [0.15, 0.2) is 34.5 Å². The van der Waals surface area contributed by atoms with E-state index >= 15 is 0 Å². The Kier molecular flexibility index (Phi) is 4.93. The molecule has 6 heteroatoms. The molecule has 5 aliphatic rings. The average Bonchev–Trinajstić information content (AvgIpc) is 3.43. The summed E-state index contributed by atoms with van der Waals surface area (Å²) in [5.41, 5.74) is 1.52. The van der Waals surface area contributed by atoms with Crippen molar-refractivity contribution in [3.05, 3.63) is 35.8 Å². The molecule has 4 fully saturated rings. The van der Waals surface area contributed by atoms with Crippen molar-refractivity contribution in [1.82, 2.24) is 14.7 Å². The first-order chi connectivity index (χ1) is 15.2. The van der Waals surface area contributed by atoms with Gasteiger partial charge in [-0.25, -0.2) is 0 Å². The Bertz CT molecular complexity index is 879. The molecule has 6 rings (SSSR count). The van der Waals surface area contributed by atoms with Crippen LogP contribution in [0.1, 0.15) is 50.7 Å². The summed E-state index contributed by atoms with van der Waals surface area (Å²) in [6.07, 6.45) is 12.0. The van der Waals surface area contributed by atoms with E-state index in [0.717, 1.165) is 37.7 Å². The lowest BCUT2D eigenvalue weighted by Gasteiger charge is -2.55. The van der Waals surface area contributed by atoms with Crippen molar-refractivity contribution in [2.75, 3.05) is 26.2 Å². The molecule has 5 heterocycles. The molecule has 4 unspecified atom stereocenters. The molecular formula is C25H33N3O3. The van der Waals surface area contributed by atoms with E-state index in [9.17, 15) is 9.59 Å². The summed E-state index contributed by atoms with van der Waals surface area (Å²) < 4.78 is 5.41. The molecule has 5 atom stereocenters. The molecule has 4 saturated heterocycles. The zero-order chi connectivity index (χ0) is 20.9. The zero-order valence-corrected chi connectivity index (χ0v) is 18.2. The highest BCUT2D eigenvalue weighted by atomic mass is 16.3. The van der Waals surface area contributed by atoms with Crippen LogP contribution in [-0.2, 0) is 16.1 Å². The molecule has 0 aromatic carbocycles. The number of likely N-dealkylation sites (tertiary alicyclic amines) is 2. The lowest BCUT2D eigenvalue weighted by atomic mass is 9.68. The smallest absolute Gasteiger partial charge is 0.228 e. The van der Waals surface area contributed by atoms with E-state index in [2.05, 4.69) is 15.9 Å². The van der Waals surface area contributed by atoms with E-state index in [1.807, 2.05) is 12.1 Å². The first kappa shape index (κ1) is 19.6. The Balaban J connectivity index is 1.20. The van der Waals surface area contributed by atoms with E-state index in [4.69, 9.17) is 4.42 Å². The molecule has 0 N–H and O–H groups in total. The van der Waals surface area contributed by atoms with E-state index in [-0.39, 0.29) is 23.8 Å². The number of hydrogen-bond donors (Lipinski definition) is 0. The molecular weight excluding hydrogens is 390 g/mol. The van der Waals surface area contributed by atoms with Crippen LogP contribution in [0.3, 0.4) is 0 Å². The molecule has 31 heavy (non-hydrogen) atoms. The Labute approximate surface area is 184 Å². The van der Waals surface area contributed by atoms with Gasteiger partial charge in [-0.3, -0.25) is 14.5 Å². The van der Waals surface area contributed by atoms with Crippen LogP contribution in [0.4, 0.5) is 0 Å². The van der Waals surface area contributed by atoms with Crippen molar-refractivity contribution >= 4 is 11.8 Å². The van der Waals surface area contributed by atoms with Gasteiger partial charge in [-0.15, -0.1) is 0 Å². The van der Waals surface area contributed by atoms with Crippen molar-refractivity contribution in [3.8, 4) is 0 Å². The van der Waals surface area contributed by atoms with Crippen LogP contribution in [0.2, 0.25) is 0 Å². The second-order valence-corrected chi connectivity index (χ2v) is 10.3. The minimum absolute atomic E-state index is 0.0695. The van der Waals surface area contributed by atoms with Gasteiger partial charge >= 0.3 is 0 Å². The Morgan fingerprint density at radius 1 is 1.16 bits per heavy atom. The molecule has 1 aliphatic carbocycles. The van der Waals surface area contributed by atoms with E-state index in [1.165, 1.54) is 37.8 Å².